The van der Waals surface area contributed by atoms with Gasteiger partial charge >= 0.3 is 0 Å². The number of nitrogens with one attached hydrogen (secondary N) is 1. The molecule has 0 aliphatic rings. The van der Waals surface area contributed by atoms with E-state index in [0.717, 1.165) is 18.2 Å². The third kappa shape index (κ3) is 2.93. The lowest BCUT2D eigenvalue weighted by Crippen LogP contribution is -2.15. The van der Waals surface area contributed by atoms with Crippen LogP contribution in [-0.4, -0.2) is 5.91 Å². The second-order valence-corrected chi connectivity index (χ2v) is 4.06. The number of carbonyl (C=O) groups is 1. The smallest absolute Gasteiger partial charge is 0.258 e. The summed E-state index contributed by atoms with van der Waals surface area (Å²) < 4.78 is 39.5. The summed E-state index contributed by atoms with van der Waals surface area (Å²) in [7, 11) is 0. The number of benzene rings is 2. The molecule has 0 radical (unpaired) electrons. The Morgan fingerprint density at radius 3 is 2.42 bits per heavy atom. The minimum absolute atomic E-state index is 0.191. The van der Waals surface area contributed by atoms with E-state index in [9.17, 15) is 18.0 Å². The second-order valence-electron chi connectivity index (χ2n) is 4.06. The van der Waals surface area contributed by atoms with Crippen molar-refractivity contribution in [2.24, 2.45) is 0 Å². The third-order valence-corrected chi connectivity index (χ3v) is 2.55. The molecule has 0 saturated heterocycles. The maximum Gasteiger partial charge on any atom is 0.258 e. The number of amides is 1. The molecule has 0 heterocycles. The molecule has 2 aromatic rings. The molecular formula is C14H10F3NO. The molecule has 0 atom stereocenters. The zero-order valence-electron chi connectivity index (χ0n) is 10.0. The van der Waals surface area contributed by atoms with Gasteiger partial charge in [0.15, 0.2) is 0 Å². The number of carbonyl (C=O) groups excluding carboxylic acids is 1. The van der Waals surface area contributed by atoms with Gasteiger partial charge in [0.05, 0.1) is 11.3 Å². The Kier molecular flexibility index (Phi) is 3.55. The summed E-state index contributed by atoms with van der Waals surface area (Å²) in [6.45, 7) is 1.70. The van der Waals surface area contributed by atoms with Crippen molar-refractivity contribution in [1.82, 2.24) is 0 Å². The number of hydrogen-bond acceptors (Lipinski definition) is 1. The van der Waals surface area contributed by atoms with Gasteiger partial charge in [0.2, 0.25) is 0 Å². The molecule has 1 amide bonds. The van der Waals surface area contributed by atoms with Gasteiger partial charge < -0.3 is 5.32 Å². The lowest BCUT2D eigenvalue weighted by molar-refractivity contribution is 0.102. The summed E-state index contributed by atoms with van der Waals surface area (Å²) in [5, 5.41) is 2.20. The number of hydrogen-bond donors (Lipinski definition) is 1. The van der Waals surface area contributed by atoms with Gasteiger partial charge in [-0.25, -0.2) is 13.2 Å². The summed E-state index contributed by atoms with van der Waals surface area (Å²) in [6, 6.07) is 6.76. The molecule has 0 saturated carbocycles. The SMILES string of the molecule is Cc1ccc(F)c(C(=O)Nc2ccc(F)cc2F)c1. The maximum absolute atomic E-state index is 13.5. The molecule has 0 aliphatic heterocycles. The standard InChI is InChI=1S/C14H10F3NO/c1-8-2-4-11(16)10(6-8)14(19)18-13-5-3-9(15)7-12(13)17/h2-7H,1H3,(H,18,19). The van der Waals surface area contributed by atoms with E-state index >= 15 is 0 Å². The number of halogens is 3. The van der Waals surface area contributed by atoms with E-state index in [-0.39, 0.29) is 11.3 Å². The van der Waals surface area contributed by atoms with Crippen LogP contribution in [0.2, 0.25) is 0 Å². The fourth-order valence-corrected chi connectivity index (χ4v) is 1.59. The highest BCUT2D eigenvalue weighted by Crippen LogP contribution is 2.17. The Morgan fingerprint density at radius 1 is 1.00 bits per heavy atom. The van der Waals surface area contributed by atoms with Crippen molar-refractivity contribution in [3.63, 3.8) is 0 Å². The van der Waals surface area contributed by atoms with Crippen molar-refractivity contribution in [2.75, 3.05) is 5.32 Å². The van der Waals surface area contributed by atoms with Crippen molar-refractivity contribution in [3.8, 4) is 0 Å². The normalized spacial score (nSPS) is 10.3. The van der Waals surface area contributed by atoms with Crippen LogP contribution in [0.15, 0.2) is 36.4 Å². The largest absolute Gasteiger partial charge is 0.319 e. The fraction of sp³-hybridized carbons (Fsp3) is 0.0714. The Balaban J connectivity index is 2.28. The average molecular weight is 265 g/mol. The topological polar surface area (TPSA) is 29.1 Å². The minimum atomic E-state index is -0.915. The van der Waals surface area contributed by atoms with Crippen molar-refractivity contribution in [3.05, 3.63) is 65.0 Å². The molecule has 19 heavy (non-hydrogen) atoms. The monoisotopic (exact) mass is 265 g/mol. The Morgan fingerprint density at radius 2 is 1.74 bits per heavy atom. The zero-order chi connectivity index (χ0) is 14.0. The van der Waals surface area contributed by atoms with Crippen LogP contribution in [0.1, 0.15) is 15.9 Å². The van der Waals surface area contributed by atoms with Crippen LogP contribution >= 0.6 is 0 Å². The molecule has 0 aromatic heterocycles. The van der Waals surface area contributed by atoms with Crippen LogP contribution in [0.3, 0.4) is 0 Å². The highest BCUT2D eigenvalue weighted by atomic mass is 19.1. The Labute approximate surface area is 107 Å². The van der Waals surface area contributed by atoms with Gasteiger partial charge in [-0.05, 0) is 31.2 Å². The van der Waals surface area contributed by atoms with Crippen LogP contribution in [-0.2, 0) is 0 Å². The second kappa shape index (κ2) is 5.14. The molecule has 2 aromatic carbocycles. The first-order chi connectivity index (χ1) is 8.97. The average Bonchev–Trinajstić information content (AvgIpc) is 2.35. The Hall–Kier alpha value is -2.30. The summed E-state index contributed by atoms with van der Waals surface area (Å²) in [5.74, 6) is -3.16. The lowest BCUT2D eigenvalue weighted by Gasteiger charge is -2.08. The maximum atomic E-state index is 13.5. The molecule has 0 bridgehead atoms. The molecule has 2 nitrogen and oxygen atoms in total. The molecule has 5 heteroatoms. The minimum Gasteiger partial charge on any atom is -0.319 e. The van der Waals surface area contributed by atoms with Crippen LogP contribution in [0.25, 0.3) is 0 Å². The highest BCUT2D eigenvalue weighted by molar-refractivity contribution is 6.04. The van der Waals surface area contributed by atoms with Crippen molar-refractivity contribution < 1.29 is 18.0 Å². The van der Waals surface area contributed by atoms with E-state index < -0.39 is 23.4 Å². The van der Waals surface area contributed by atoms with E-state index in [1.54, 1.807) is 6.92 Å². The molecule has 0 spiro atoms. The predicted molar refractivity (Wildman–Crippen MR) is 65.4 cm³/mol. The third-order valence-electron chi connectivity index (χ3n) is 2.55. The zero-order valence-corrected chi connectivity index (χ0v) is 10.0. The van der Waals surface area contributed by atoms with Gasteiger partial charge in [-0.2, -0.15) is 0 Å². The first-order valence-corrected chi connectivity index (χ1v) is 5.50. The molecule has 1 N–H and O–H groups in total. The van der Waals surface area contributed by atoms with E-state index in [1.165, 1.54) is 12.1 Å². The van der Waals surface area contributed by atoms with Gasteiger partial charge in [-0.15, -0.1) is 0 Å². The van der Waals surface area contributed by atoms with Crippen LogP contribution in [0.5, 0.6) is 0 Å². The van der Waals surface area contributed by atoms with Crippen molar-refractivity contribution >= 4 is 11.6 Å². The van der Waals surface area contributed by atoms with Crippen molar-refractivity contribution in [2.45, 2.75) is 6.92 Å². The first-order valence-electron chi connectivity index (χ1n) is 5.50. The predicted octanol–water partition coefficient (Wildman–Crippen LogP) is 3.66. The van der Waals surface area contributed by atoms with Gasteiger partial charge in [-0.1, -0.05) is 11.6 Å². The van der Waals surface area contributed by atoms with Gasteiger partial charge in [-0.3, -0.25) is 4.79 Å². The molecule has 98 valence electrons. The molecule has 0 unspecified atom stereocenters. The van der Waals surface area contributed by atoms with E-state index in [2.05, 4.69) is 5.32 Å². The summed E-state index contributed by atoms with van der Waals surface area (Å²) in [5.41, 5.74) is 0.308. The van der Waals surface area contributed by atoms with Crippen LogP contribution in [0.4, 0.5) is 18.9 Å². The summed E-state index contributed by atoms with van der Waals surface area (Å²) in [6.07, 6.45) is 0. The quantitative estimate of drug-likeness (QED) is 0.882. The molecular weight excluding hydrogens is 255 g/mol. The summed E-state index contributed by atoms with van der Waals surface area (Å²) in [4.78, 5) is 11.8. The van der Waals surface area contributed by atoms with Crippen molar-refractivity contribution in [1.29, 1.82) is 0 Å². The van der Waals surface area contributed by atoms with Crippen LogP contribution < -0.4 is 5.32 Å². The number of anilines is 1. The van der Waals surface area contributed by atoms with E-state index in [0.29, 0.717) is 11.6 Å². The van der Waals surface area contributed by atoms with E-state index in [4.69, 9.17) is 0 Å². The molecule has 0 aliphatic carbocycles. The Bertz CT molecular complexity index is 641. The fourth-order valence-electron chi connectivity index (χ4n) is 1.59. The number of aryl methyl sites for hydroxylation is 1. The highest BCUT2D eigenvalue weighted by Gasteiger charge is 2.14. The van der Waals surface area contributed by atoms with Gasteiger partial charge in [0.25, 0.3) is 5.91 Å². The van der Waals surface area contributed by atoms with Gasteiger partial charge in [0.1, 0.15) is 17.5 Å². The summed E-state index contributed by atoms with van der Waals surface area (Å²) >= 11 is 0. The van der Waals surface area contributed by atoms with Gasteiger partial charge in [0, 0.05) is 6.07 Å². The number of rotatable bonds is 2. The lowest BCUT2D eigenvalue weighted by atomic mass is 10.1. The van der Waals surface area contributed by atoms with E-state index in [1.807, 2.05) is 0 Å². The molecule has 2 rings (SSSR count). The molecule has 0 fully saturated rings. The first kappa shape index (κ1) is 13.1. The van der Waals surface area contributed by atoms with Crippen LogP contribution in [0, 0.1) is 24.4 Å².